The Morgan fingerprint density at radius 1 is 1.12 bits per heavy atom. The van der Waals surface area contributed by atoms with E-state index in [1.165, 1.54) is 19.3 Å². The predicted octanol–water partition coefficient (Wildman–Crippen LogP) is 4.04. The lowest BCUT2D eigenvalue weighted by atomic mass is 9.88. The second-order valence-corrected chi connectivity index (χ2v) is 6.30. The Hall–Kier alpha value is -0.530. The number of hydrogen-bond donors (Lipinski definition) is 1. The van der Waals surface area contributed by atoms with E-state index in [9.17, 15) is 5.11 Å². The minimum atomic E-state index is -0.293. The van der Waals surface area contributed by atoms with E-state index in [1.54, 1.807) is 0 Å². The predicted molar refractivity (Wildman–Crippen MR) is 70.2 cm³/mol. The van der Waals surface area contributed by atoms with E-state index in [0.29, 0.717) is 5.92 Å². The van der Waals surface area contributed by atoms with Crippen LogP contribution in [0.3, 0.4) is 0 Å². The zero-order chi connectivity index (χ0) is 12.2. The third-order valence-corrected chi connectivity index (χ3v) is 5.00. The lowest BCUT2D eigenvalue weighted by molar-refractivity contribution is 0.104. The molecule has 0 aromatic heterocycles. The molecule has 0 spiro atoms. The van der Waals surface area contributed by atoms with Crippen LogP contribution in [0.4, 0.5) is 0 Å². The molecule has 17 heavy (non-hydrogen) atoms. The molecule has 0 aliphatic heterocycles. The molecule has 3 unspecified atom stereocenters. The van der Waals surface area contributed by atoms with Gasteiger partial charge >= 0.3 is 0 Å². The topological polar surface area (TPSA) is 20.2 Å². The highest BCUT2D eigenvalue weighted by Gasteiger charge is 2.47. The summed E-state index contributed by atoms with van der Waals surface area (Å²) in [5.74, 6) is 2.31. The molecule has 2 heteroatoms. The van der Waals surface area contributed by atoms with Gasteiger partial charge in [0.05, 0.1) is 6.10 Å². The third-order valence-electron chi connectivity index (χ3n) is 4.59. The van der Waals surface area contributed by atoms with E-state index in [0.717, 1.165) is 33.5 Å². The Morgan fingerprint density at radius 3 is 2.41 bits per heavy atom. The Morgan fingerprint density at radius 2 is 1.76 bits per heavy atom. The Balaban J connectivity index is 1.85. The van der Waals surface area contributed by atoms with Gasteiger partial charge in [-0.25, -0.2) is 0 Å². The van der Waals surface area contributed by atoms with Crippen molar-refractivity contribution in [2.75, 3.05) is 0 Å². The molecule has 0 heterocycles. The average molecular weight is 251 g/mol. The Kier molecular flexibility index (Phi) is 2.72. The van der Waals surface area contributed by atoms with Crippen LogP contribution in [0.15, 0.2) is 12.1 Å². The maximum Gasteiger partial charge on any atom is 0.0821 e. The lowest BCUT2D eigenvalue weighted by Gasteiger charge is -2.22. The first kappa shape index (κ1) is 11.6. The summed E-state index contributed by atoms with van der Waals surface area (Å²) >= 11 is 6.10. The van der Waals surface area contributed by atoms with Gasteiger partial charge in [-0.2, -0.15) is 0 Å². The van der Waals surface area contributed by atoms with Gasteiger partial charge < -0.3 is 5.11 Å². The number of halogens is 1. The molecule has 1 aromatic carbocycles. The first-order valence-corrected chi connectivity index (χ1v) is 6.88. The van der Waals surface area contributed by atoms with E-state index in [-0.39, 0.29) is 6.10 Å². The molecule has 1 N–H and O–H groups in total. The first-order valence-electron chi connectivity index (χ1n) is 6.51. The van der Waals surface area contributed by atoms with Crippen molar-refractivity contribution in [3.05, 3.63) is 33.8 Å². The summed E-state index contributed by atoms with van der Waals surface area (Å²) in [5.41, 5.74) is 3.27. The Labute approximate surface area is 108 Å². The average Bonchev–Trinajstić information content (AvgIpc) is 2.90. The molecule has 2 aliphatic rings. The molecule has 0 radical (unpaired) electrons. The molecule has 2 fully saturated rings. The third kappa shape index (κ3) is 2.00. The van der Waals surface area contributed by atoms with Gasteiger partial charge in [-0.15, -0.1) is 0 Å². The maximum absolute atomic E-state index is 10.5. The summed E-state index contributed by atoms with van der Waals surface area (Å²) in [6.07, 6.45) is 3.54. The van der Waals surface area contributed by atoms with E-state index in [1.807, 2.05) is 19.9 Å². The van der Waals surface area contributed by atoms with E-state index in [4.69, 9.17) is 11.6 Å². The van der Waals surface area contributed by atoms with Gasteiger partial charge in [0.25, 0.3) is 0 Å². The fraction of sp³-hybridized carbons (Fsp3) is 0.600. The van der Waals surface area contributed by atoms with Crippen molar-refractivity contribution in [2.24, 2.45) is 17.8 Å². The fourth-order valence-electron chi connectivity index (χ4n) is 3.40. The van der Waals surface area contributed by atoms with Crippen LogP contribution < -0.4 is 0 Å². The van der Waals surface area contributed by atoms with Crippen molar-refractivity contribution in [3.8, 4) is 0 Å². The lowest BCUT2D eigenvalue weighted by Crippen LogP contribution is -2.12. The Bertz CT molecular complexity index is 444. The molecule has 0 saturated heterocycles. The van der Waals surface area contributed by atoms with Gasteiger partial charge in [-0.05, 0) is 73.6 Å². The standard InChI is InChI=1S/C15H19ClO/c1-8-4-14(16)9(2)3-13(8)15(17)12-6-10-5-11(10)7-12/h3-4,10-12,15,17H,5-7H2,1-2H3. The summed E-state index contributed by atoms with van der Waals surface area (Å²) in [4.78, 5) is 0. The van der Waals surface area contributed by atoms with Gasteiger partial charge in [0.15, 0.2) is 0 Å². The van der Waals surface area contributed by atoms with Crippen LogP contribution >= 0.6 is 11.6 Å². The molecule has 3 rings (SSSR count). The monoisotopic (exact) mass is 250 g/mol. The van der Waals surface area contributed by atoms with Crippen molar-refractivity contribution in [2.45, 2.75) is 39.2 Å². The van der Waals surface area contributed by atoms with Crippen LogP contribution in [0, 0.1) is 31.6 Å². The van der Waals surface area contributed by atoms with Crippen LogP contribution in [0.2, 0.25) is 5.02 Å². The largest absolute Gasteiger partial charge is 0.388 e. The van der Waals surface area contributed by atoms with Crippen molar-refractivity contribution < 1.29 is 5.11 Å². The van der Waals surface area contributed by atoms with Crippen molar-refractivity contribution in [1.29, 1.82) is 0 Å². The number of hydrogen-bond acceptors (Lipinski definition) is 1. The van der Waals surface area contributed by atoms with Crippen LogP contribution in [0.25, 0.3) is 0 Å². The second-order valence-electron chi connectivity index (χ2n) is 5.89. The molecule has 0 bridgehead atoms. The number of aliphatic hydroxyl groups is 1. The van der Waals surface area contributed by atoms with Gasteiger partial charge in [0.2, 0.25) is 0 Å². The highest BCUT2D eigenvalue weighted by molar-refractivity contribution is 6.31. The molecule has 1 aromatic rings. The van der Waals surface area contributed by atoms with Gasteiger partial charge in [0, 0.05) is 5.02 Å². The second kappa shape index (κ2) is 4.00. The van der Waals surface area contributed by atoms with Crippen molar-refractivity contribution in [1.82, 2.24) is 0 Å². The van der Waals surface area contributed by atoms with E-state index >= 15 is 0 Å². The summed E-state index contributed by atoms with van der Waals surface area (Å²) in [6, 6.07) is 4.04. The highest BCUT2D eigenvalue weighted by atomic mass is 35.5. The minimum absolute atomic E-state index is 0.293. The fourth-order valence-corrected chi connectivity index (χ4v) is 3.61. The summed E-state index contributed by atoms with van der Waals surface area (Å²) < 4.78 is 0. The number of aryl methyl sites for hydroxylation is 2. The first-order chi connectivity index (χ1) is 8.06. The summed E-state index contributed by atoms with van der Waals surface area (Å²) in [7, 11) is 0. The van der Waals surface area contributed by atoms with Crippen LogP contribution in [0.1, 0.15) is 42.1 Å². The molecular weight excluding hydrogens is 232 g/mol. The number of benzene rings is 1. The maximum atomic E-state index is 10.5. The normalized spacial score (nSPS) is 32.4. The number of aliphatic hydroxyl groups excluding tert-OH is 1. The van der Waals surface area contributed by atoms with Crippen LogP contribution in [-0.4, -0.2) is 5.11 Å². The molecular formula is C15H19ClO. The highest BCUT2D eigenvalue weighted by Crippen LogP contribution is 2.57. The number of fused-ring (bicyclic) bond motifs is 1. The molecule has 1 nitrogen and oxygen atoms in total. The molecule has 3 atom stereocenters. The van der Waals surface area contributed by atoms with E-state index in [2.05, 4.69) is 6.07 Å². The van der Waals surface area contributed by atoms with Gasteiger partial charge in [-0.3, -0.25) is 0 Å². The van der Waals surface area contributed by atoms with Gasteiger partial charge in [-0.1, -0.05) is 17.7 Å². The van der Waals surface area contributed by atoms with E-state index < -0.39 is 0 Å². The zero-order valence-electron chi connectivity index (χ0n) is 10.4. The van der Waals surface area contributed by atoms with Crippen LogP contribution in [0.5, 0.6) is 0 Å². The van der Waals surface area contributed by atoms with Gasteiger partial charge in [0.1, 0.15) is 0 Å². The van der Waals surface area contributed by atoms with Crippen molar-refractivity contribution in [3.63, 3.8) is 0 Å². The summed E-state index contributed by atoms with van der Waals surface area (Å²) in [5, 5.41) is 11.3. The quantitative estimate of drug-likeness (QED) is 0.840. The SMILES string of the molecule is Cc1cc(C(O)C2CC3CC3C2)c(C)cc1Cl. The van der Waals surface area contributed by atoms with Crippen LogP contribution in [-0.2, 0) is 0 Å². The summed E-state index contributed by atoms with van der Waals surface area (Å²) in [6.45, 7) is 4.05. The molecule has 2 saturated carbocycles. The zero-order valence-corrected chi connectivity index (χ0v) is 11.2. The molecule has 2 aliphatic carbocycles. The number of rotatable bonds is 2. The molecule has 92 valence electrons. The molecule has 0 amide bonds. The van der Waals surface area contributed by atoms with Crippen molar-refractivity contribution >= 4 is 11.6 Å². The smallest absolute Gasteiger partial charge is 0.0821 e. The minimum Gasteiger partial charge on any atom is -0.388 e.